The highest BCUT2D eigenvalue weighted by Gasteiger charge is 2.24. The summed E-state index contributed by atoms with van der Waals surface area (Å²) < 4.78 is 15.7. The van der Waals surface area contributed by atoms with Crippen LogP contribution in [0.3, 0.4) is 0 Å². The SMILES string of the molecule is COc1cc(/C=C2\N=C(c3cccc(Cl)c3)OC2=O)cc(Cl)c1OCC(N)=O. The van der Waals surface area contributed by atoms with E-state index in [9.17, 15) is 9.59 Å². The monoisotopic (exact) mass is 420 g/mol. The number of carbonyl (C=O) groups is 2. The van der Waals surface area contributed by atoms with Gasteiger partial charge in [-0.15, -0.1) is 0 Å². The largest absolute Gasteiger partial charge is 0.493 e. The Kier molecular flexibility index (Phi) is 5.87. The van der Waals surface area contributed by atoms with E-state index < -0.39 is 11.9 Å². The zero-order valence-electron chi connectivity index (χ0n) is 14.6. The minimum atomic E-state index is -0.652. The molecule has 7 nitrogen and oxygen atoms in total. The van der Waals surface area contributed by atoms with Crippen molar-refractivity contribution < 1.29 is 23.8 Å². The molecule has 0 fully saturated rings. The van der Waals surface area contributed by atoms with Gasteiger partial charge in [-0.25, -0.2) is 9.79 Å². The van der Waals surface area contributed by atoms with Gasteiger partial charge in [0.25, 0.3) is 5.91 Å². The van der Waals surface area contributed by atoms with E-state index >= 15 is 0 Å². The van der Waals surface area contributed by atoms with Crippen LogP contribution in [0.4, 0.5) is 0 Å². The second kappa shape index (κ2) is 8.33. The van der Waals surface area contributed by atoms with Crippen LogP contribution in [0.5, 0.6) is 11.5 Å². The zero-order valence-corrected chi connectivity index (χ0v) is 16.1. The third-order valence-corrected chi connectivity index (χ3v) is 4.12. The first-order valence-electron chi connectivity index (χ1n) is 7.94. The van der Waals surface area contributed by atoms with Gasteiger partial charge in [-0.1, -0.05) is 29.3 Å². The van der Waals surface area contributed by atoms with E-state index in [0.29, 0.717) is 16.1 Å². The third kappa shape index (κ3) is 4.44. The quantitative estimate of drug-likeness (QED) is 0.570. The average molecular weight is 421 g/mol. The minimum Gasteiger partial charge on any atom is -0.493 e. The number of primary amides is 1. The Morgan fingerprint density at radius 1 is 1.29 bits per heavy atom. The van der Waals surface area contributed by atoms with Crippen LogP contribution < -0.4 is 15.2 Å². The maximum atomic E-state index is 12.2. The molecule has 28 heavy (non-hydrogen) atoms. The van der Waals surface area contributed by atoms with Crippen molar-refractivity contribution in [3.8, 4) is 11.5 Å². The summed E-state index contributed by atoms with van der Waals surface area (Å²) in [6, 6.07) is 9.91. The van der Waals surface area contributed by atoms with Crippen LogP contribution in [-0.2, 0) is 14.3 Å². The standard InChI is InChI=1S/C19H14Cl2N2O5/c1-26-15-7-10(5-13(21)17(15)27-9-16(22)24)6-14-19(25)28-18(23-14)11-3-2-4-12(20)8-11/h2-8H,9H2,1H3,(H2,22,24)/b14-6-. The first-order chi connectivity index (χ1) is 13.4. The molecule has 0 spiro atoms. The van der Waals surface area contributed by atoms with E-state index in [0.717, 1.165) is 0 Å². The van der Waals surface area contributed by atoms with Gasteiger partial charge in [0, 0.05) is 10.6 Å². The number of amides is 1. The van der Waals surface area contributed by atoms with Crippen molar-refractivity contribution in [2.24, 2.45) is 10.7 Å². The molecule has 1 aliphatic heterocycles. The summed E-state index contributed by atoms with van der Waals surface area (Å²) in [7, 11) is 1.42. The van der Waals surface area contributed by atoms with Gasteiger partial charge in [-0.05, 0) is 42.0 Å². The summed E-state index contributed by atoms with van der Waals surface area (Å²) in [4.78, 5) is 27.3. The topological polar surface area (TPSA) is 100 Å². The van der Waals surface area contributed by atoms with Gasteiger partial charge in [0.2, 0.25) is 5.90 Å². The molecule has 1 aliphatic rings. The van der Waals surface area contributed by atoms with Crippen LogP contribution in [0.25, 0.3) is 6.08 Å². The van der Waals surface area contributed by atoms with Crippen LogP contribution in [-0.4, -0.2) is 31.5 Å². The number of ether oxygens (including phenoxy) is 3. The third-order valence-electron chi connectivity index (χ3n) is 3.61. The van der Waals surface area contributed by atoms with Crippen molar-refractivity contribution >= 4 is 47.1 Å². The Morgan fingerprint density at radius 2 is 2.07 bits per heavy atom. The molecule has 0 atom stereocenters. The van der Waals surface area contributed by atoms with Crippen LogP contribution in [0.2, 0.25) is 10.0 Å². The summed E-state index contributed by atoms with van der Waals surface area (Å²) >= 11 is 12.2. The fraction of sp³-hybridized carbons (Fsp3) is 0.105. The molecule has 1 heterocycles. The van der Waals surface area contributed by atoms with E-state index in [1.165, 1.54) is 19.3 Å². The Bertz CT molecular complexity index is 1020. The first-order valence-corrected chi connectivity index (χ1v) is 8.70. The van der Waals surface area contributed by atoms with E-state index in [2.05, 4.69) is 4.99 Å². The van der Waals surface area contributed by atoms with Crippen LogP contribution >= 0.6 is 23.2 Å². The number of esters is 1. The smallest absolute Gasteiger partial charge is 0.363 e. The Morgan fingerprint density at radius 3 is 2.75 bits per heavy atom. The van der Waals surface area contributed by atoms with Crippen molar-refractivity contribution in [2.75, 3.05) is 13.7 Å². The van der Waals surface area contributed by atoms with Crippen molar-refractivity contribution in [2.45, 2.75) is 0 Å². The lowest BCUT2D eigenvalue weighted by atomic mass is 10.1. The summed E-state index contributed by atoms with van der Waals surface area (Å²) in [6.07, 6.45) is 1.49. The number of nitrogens with zero attached hydrogens (tertiary/aromatic N) is 1. The summed E-state index contributed by atoms with van der Waals surface area (Å²) in [5, 5.41) is 0.676. The van der Waals surface area contributed by atoms with Gasteiger partial charge in [0.15, 0.2) is 23.8 Å². The number of cyclic esters (lactones) is 1. The molecular weight excluding hydrogens is 407 g/mol. The van der Waals surface area contributed by atoms with Gasteiger partial charge >= 0.3 is 5.97 Å². The number of benzene rings is 2. The Balaban J connectivity index is 1.93. The molecule has 0 radical (unpaired) electrons. The number of methoxy groups -OCH3 is 1. The van der Waals surface area contributed by atoms with Crippen LogP contribution in [0.1, 0.15) is 11.1 Å². The molecule has 0 bridgehead atoms. The van der Waals surface area contributed by atoms with Gasteiger partial charge < -0.3 is 19.9 Å². The van der Waals surface area contributed by atoms with E-state index in [-0.39, 0.29) is 34.7 Å². The highest BCUT2D eigenvalue weighted by molar-refractivity contribution is 6.32. The number of aliphatic imine (C=N–C) groups is 1. The van der Waals surface area contributed by atoms with Crippen molar-refractivity contribution in [1.82, 2.24) is 0 Å². The minimum absolute atomic E-state index is 0.0823. The number of nitrogens with two attached hydrogens (primary N) is 1. The highest BCUT2D eigenvalue weighted by atomic mass is 35.5. The lowest BCUT2D eigenvalue weighted by molar-refractivity contribution is -0.130. The zero-order chi connectivity index (χ0) is 20.3. The molecule has 0 aromatic heterocycles. The van der Waals surface area contributed by atoms with Gasteiger partial charge in [0.05, 0.1) is 12.1 Å². The van der Waals surface area contributed by atoms with Crippen LogP contribution in [0.15, 0.2) is 47.1 Å². The highest BCUT2D eigenvalue weighted by Crippen LogP contribution is 2.37. The molecule has 144 valence electrons. The van der Waals surface area contributed by atoms with Crippen LogP contribution in [0, 0.1) is 0 Å². The Labute approximate surface area is 170 Å². The molecule has 2 aromatic rings. The number of rotatable bonds is 6. The van der Waals surface area contributed by atoms with Gasteiger partial charge in [-0.3, -0.25) is 4.79 Å². The van der Waals surface area contributed by atoms with Gasteiger partial charge in [-0.2, -0.15) is 0 Å². The average Bonchev–Trinajstić information content (AvgIpc) is 3.01. The van der Waals surface area contributed by atoms with Gasteiger partial charge in [0.1, 0.15) is 0 Å². The fourth-order valence-corrected chi connectivity index (χ4v) is 2.88. The molecule has 0 unspecified atom stereocenters. The second-order valence-electron chi connectivity index (χ2n) is 5.64. The number of hydrogen-bond donors (Lipinski definition) is 1. The van der Waals surface area contributed by atoms with Crippen molar-refractivity contribution in [3.05, 3.63) is 63.3 Å². The predicted molar refractivity (Wildman–Crippen MR) is 105 cm³/mol. The number of carbonyl (C=O) groups excluding carboxylic acids is 2. The van der Waals surface area contributed by atoms with Crippen molar-refractivity contribution in [3.63, 3.8) is 0 Å². The lowest BCUT2D eigenvalue weighted by Crippen LogP contribution is -2.20. The van der Waals surface area contributed by atoms with E-state index in [1.807, 2.05) is 0 Å². The molecule has 0 saturated carbocycles. The molecular formula is C19H14Cl2N2O5. The summed E-state index contributed by atoms with van der Waals surface area (Å²) in [6.45, 7) is -0.351. The second-order valence-corrected chi connectivity index (χ2v) is 6.48. The normalized spacial score (nSPS) is 14.6. The summed E-state index contributed by atoms with van der Waals surface area (Å²) in [5.41, 5.74) is 6.26. The fourth-order valence-electron chi connectivity index (χ4n) is 2.42. The first kappa shape index (κ1) is 19.7. The molecule has 0 aliphatic carbocycles. The predicted octanol–water partition coefficient (Wildman–Crippen LogP) is 3.21. The molecule has 1 amide bonds. The van der Waals surface area contributed by atoms with E-state index in [4.69, 9.17) is 43.1 Å². The summed E-state index contributed by atoms with van der Waals surface area (Å²) in [5.74, 6) is -0.675. The molecule has 9 heteroatoms. The lowest BCUT2D eigenvalue weighted by Gasteiger charge is -2.12. The molecule has 2 N–H and O–H groups in total. The molecule has 2 aromatic carbocycles. The molecule has 0 saturated heterocycles. The maximum absolute atomic E-state index is 12.2. The maximum Gasteiger partial charge on any atom is 0.363 e. The van der Waals surface area contributed by atoms with Crippen molar-refractivity contribution in [1.29, 1.82) is 0 Å². The number of halogens is 2. The number of hydrogen-bond acceptors (Lipinski definition) is 6. The Hall–Kier alpha value is -3.03. The van der Waals surface area contributed by atoms with E-state index in [1.54, 1.807) is 30.3 Å². The molecule has 3 rings (SSSR count).